The molecule has 304 valence electrons. The van der Waals surface area contributed by atoms with E-state index in [4.69, 9.17) is 15.0 Å². The third kappa shape index (κ3) is 6.28. The second kappa shape index (κ2) is 14.8. The number of fused-ring (bicyclic) bond motifs is 8. The van der Waals surface area contributed by atoms with Gasteiger partial charge in [0.1, 0.15) is 0 Å². The molecule has 1 spiro atoms. The van der Waals surface area contributed by atoms with E-state index in [2.05, 4.69) is 178 Å². The predicted octanol–water partition coefficient (Wildman–Crippen LogP) is 15.1. The van der Waals surface area contributed by atoms with Crippen molar-refractivity contribution < 1.29 is 0 Å². The van der Waals surface area contributed by atoms with Crippen LogP contribution < -0.4 is 0 Å². The molecule has 4 aliphatic rings. The van der Waals surface area contributed by atoms with E-state index < -0.39 is 0 Å². The van der Waals surface area contributed by atoms with Crippen LogP contribution >= 0.6 is 0 Å². The fourth-order valence-electron chi connectivity index (χ4n) is 11.6. The lowest BCUT2D eigenvalue weighted by Crippen LogP contribution is -2.35. The zero-order chi connectivity index (χ0) is 42.1. The lowest BCUT2D eigenvalue weighted by Gasteiger charge is -2.41. The van der Waals surface area contributed by atoms with E-state index in [-0.39, 0.29) is 10.8 Å². The van der Waals surface area contributed by atoms with Crippen LogP contribution in [0.2, 0.25) is 0 Å². The Labute approximate surface area is 371 Å². The summed E-state index contributed by atoms with van der Waals surface area (Å²) in [5, 5.41) is 0. The van der Waals surface area contributed by atoms with Crippen LogP contribution in [0.4, 0.5) is 0 Å². The number of allylic oxidation sites excluding steroid dienone is 4. The van der Waals surface area contributed by atoms with Crippen LogP contribution in [-0.2, 0) is 10.8 Å². The highest BCUT2D eigenvalue weighted by atomic mass is 15.0. The molecule has 1 saturated carbocycles. The molecule has 2 unspecified atom stereocenters. The van der Waals surface area contributed by atoms with E-state index in [1.54, 1.807) is 11.1 Å². The van der Waals surface area contributed by atoms with Gasteiger partial charge in [-0.3, -0.25) is 0 Å². The van der Waals surface area contributed by atoms with E-state index in [1.165, 1.54) is 71.1 Å². The summed E-state index contributed by atoms with van der Waals surface area (Å²) < 4.78 is 0. The Hall–Kier alpha value is -6.97. The molecule has 1 fully saturated rings. The number of nitrogens with zero attached hydrogens (tertiary/aromatic N) is 3. The molecule has 63 heavy (non-hydrogen) atoms. The highest BCUT2D eigenvalue weighted by Crippen LogP contribution is 2.64. The second-order valence-electron chi connectivity index (χ2n) is 18.7. The van der Waals surface area contributed by atoms with Gasteiger partial charge in [0.2, 0.25) is 0 Å². The Balaban J connectivity index is 0.883. The molecule has 0 radical (unpaired) electrons. The van der Waals surface area contributed by atoms with E-state index in [0.29, 0.717) is 29.3 Å². The third-order valence-electron chi connectivity index (χ3n) is 14.8. The molecule has 7 aromatic carbocycles. The van der Waals surface area contributed by atoms with Gasteiger partial charge in [0.25, 0.3) is 0 Å². The molecule has 8 aromatic rings. The summed E-state index contributed by atoms with van der Waals surface area (Å²) in [6, 6.07) is 63.4. The van der Waals surface area contributed by atoms with Crippen LogP contribution in [0.15, 0.2) is 194 Å². The molecule has 0 aliphatic heterocycles. The third-order valence-corrected chi connectivity index (χ3v) is 14.8. The average Bonchev–Trinajstić information content (AvgIpc) is 3.74. The monoisotopic (exact) mass is 811 g/mol. The number of rotatable bonds is 6. The van der Waals surface area contributed by atoms with Crippen molar-refractivity contribution in [2.45, 2.75) is 62.7 Å². The molecule has 0 N–H and O–H groups in total. The minimum atomic E-state index is -0.0860. The van der Waals surface area contributed by atoms with Crippen LogP contribution in [0.25, 0.3) is 73.1 Å². The first-order chi connectivity index (χ1) is 30.9. The summed E-state index contributed by atoms with van der Waals surface area (Å²) in [5.41, 5.74) is 19.2. The molecule has 3 heteroatoms. The Bertz CT molecular complexity index is 3110. The summed E-state index contributed by atoms with van der Waals surface area (Å²) in [4.78, 5) is 15.2. The lowest BCUT2D eigenvalue weighted by molar-refractivity contribution is 0.233. The predicted molar refractivity (Wildman–Crippen MR) is 259 cm³/mol. The SMILES string of the molecule is CC1(C)C2=CC3c4ccccc4C4(CCCCC4)C3C=C2c2ccc(-c3cccc(-c4cccc(-c5nc(-c6ccccc6)nc(-c6ccc(-c7ccccc7)cc6)n5)c4)c3)cc21. The fraction of sp³-hybridized carbons (Fsp3) is 0.183. The maximum atomic E-state index is 5.10. The van der Waals surface area contributed by atoms with Crippen LogP contribution in [-0.4, -0.2) is 15.0 Å². The zero-order valence-corrected chi connectivity index (χ0v) is 35.9. The van der Waals surface area contributed by atoms with E-state index >= 15 is 0 Å². The molecule has 3 nitrogen and oxygen atoms in total. The van der Waals surface area contributed by atoms with Gasteiger partial charge in [0, 0.05) is 33.4 Å². The van der Waals surface area contributed by atoms with Crippen molar-refractivity contribution in [2.24, 2.45) is 5.92 Å². The van der Waals surface area contributed by atoms with Crippen molar-refractivity contribution in [3.05, 3.63) is 216 Å². The van der Waals surface area contributed by atoms with E-state index in [1.807, 2.05) is 24.3 Å². The van der Waals surface area contributed by atoms with E-state index in [0.717, 1.165) is 33.4 Å². The van der Waals surface area contributed by atoms with Crippen LogP contribution in [0.3, 0.4) is 0 Å². The molecule has 0 amide bonds. The zero-order valence-electron chi connectivity index (χ0n) is 35.9. The molecule has 1 heterocycles. The lowest BCUT2D eigenvalue weighted by atomic mass is 9.62. The van der Waals surface area contributed by atoms with Gasteiger partial charge in [0.05, 0.1) is 0 Å². The molecular weight excluding hydrogens is 763 g/mol. The van der Waals surface area contributed by atoms with Crippen LogP contribution in [0, 0.1) is 5.92 Å². The Morgan fingerprint density at radius 2 is 0.905 bits per heavy atom. The average molecular weight is 812 g/mol. The van der Waals surface area contributed by atoms with Gasteiger partial charge in [-0.25, -0.2) is 15.0 Å². The summed E-state index contributed by atoms with van der Waals surface area (Å²) >= 11 is 0. The quantitative estimate of drug-likeness (QED) is 0.168. The summed E-state index contributed by atoms with van der Waals surface area (Å²) in [6.45, 7) is 4.88. The highest BCUT2D eigenvalue weighted by molar-refractivity contribution is 5.93. The normalized spacial score (nSPS) is 18.8. The molecule has 4 aliphatic carbocycles. The smallest absolute Gasteiger partial charge is 0.164 e. The van der Waals surface area contributed by atoms with Crippen LogP contribution in [0.1, 0.15) is 74.1 Å². The summed E-state index contributed by atoms with van der Waals surface area (Å²) in [5.74, 6) is 2.94. The number of aromatic nitrogens is 3. The highest BCUT2D eigenvalue weighted by Gasteiger charge is 2.53. The van der Waals surface area contributed by atoms with Gasteiger partial charge in [0.15, 0.2) is 17.5 Å². The van der Waals surface area contributed by atoms with Crippen molar-refractivity contribution in [3.63, 3.8) is 0 Å². The van der Waals surface area contributed by atoms with Gasteiger partial charge >= 0.3 is 0 Å². The maximum Gasteiger partial charge on any atom is 0.164 e. The first-order valence-electron chi connectivity index (χ1n) is 22.8. The van der Waals surface area contributed by atoms with Gasteiger partial charge < -0.3 is 0 Å². The molecule has 0 saturated heterocycles. The van der Waals surface area contributed by atoms with Gasteiger partial charge in [-0.2, -0.15) is 0 Å². The van der Waals surface area contributed by atoms with Crippen LogP contribution in [0.5, 0.6) is 0 Å². The fourth-order valence-corrected chi connectivity index (χ4v) is 11.6. The summed E-state index contributed by atoms with van der Waals surface area (Å²) in [7, 11) is 0. The Morgan fingerprint density at radius 1 is 0.413 bits per heavy atom. The first kappa shape index (κ1) is 37.8. The van der Waals surface area contributed by atoms with Gasteiger partial charge in [-0.05, 0) is 104 Å². The van der Waals surface area contributed by atoms with Gasteiger partial charge in [-0.1, -0.05) is 203 Å². The molecule has 1 aromatic heterocycles. The summed E-state index contributed by atoms with van der Waals surface area (Å²) in [6.07, 6.45) is 12.1. The Morgan fingerprint density at radius 3 is 1.59 bits per heavy atom. The van der Waals surface area contributed by atoms with E-state index in [9.17, 15) is 0 Å². The first-order valence-corrected chi connectivity index (χ1v) is 22.8. The molecule has 12 rings (SSSR count). The molecule has 0 bridgehead atoms. The number of hydrogen-bond acceptors (Lipinski definition) is 3. The maximum absolute atomic E-state index is 5.10. The number of hydrogen-bond donors (Lipinski definition) is 0. The Kier molecular flexibility index (Phi) is 8.90. The van der Waals surface area contributed by atoms with Crippen molar-refractivity contribution in [2.75, 3.05) is 0 Å². The van der Waals surface area contributed by atoms with Crippen molar-refractivity contribution in [1.29, 1.82) is 0 Å². The largest absolute Gasteiger partial charge is 0.208 e. The molecular formula is C60H49N3. The van der Waals surface area contributed by atoms with Crippen molar-refractivity contribution >= 4 is 5.57 Å². The second-order valence-corrected chi connectivity index (χ2v) is 18.7. The standard InChI is InChI=1S/C60H49N3/c1-59(2)53-36-46(30-31-49(53)50-38-55-51(37-54(50)59)48-24-10-11-25-52(48)60(55)32-12-5-13-33-60)44-21-14-20-43(34-44)45-22-15-23-47(35-45)58-62-56(41-18-8-4-9-19-41)61-57(63-58)42-28-26-40(27-29-42)39-16-6-3-7-17-39/h3-4,6-11,14-31,34-38,51,55H,5,12-13,32-33H2,1-2H3. The molecule has 2 atom stereocenters. The minimum Gasteiger partial charge on any atom is -0.208 e. The topological polar surface area (TPSA) is 38.7 Å². The van der Waals surface area contributed by atoms with Crippen molar-refractivity contribution in [1.82, 2.24) is 15.0 Å². The van der Waals surface area contributed by atoms with Crippen molar-refractivity contribution in [3.8, 4) is 67.5 Å². The number of benzene rings is 7. The minimum absolute atomic E-state index is 0.0860. The van der Waals surface area contributed by atoms with Gasteiger partial charge in [-0.15, -0.1) is 0 Å².